The number of nitro groups is 1. The van der Waals surface area contributed by atoms with Gasteiger partial charge in [-0.05, 0) is 54.4 Å². The average Bonchev–Trinajstić information content (AvgIpc) is 3.14. The number of amides is 1. The minimum absolute atomic E-state index is 0.0912. The molecule has 1 fully saturated rings. The first kappa shape index (κ1) is 24.5. The van der Waals surface area contributed by atoms with Crippen molar-refractivity contribution in [2.45, 2.75) is 19.5 Å². The monoisotopic (exact) mass is 488 g/mol. The molecule has 184 valence electrons. The van der Waals surface area contributed by atoms with Crippen LogP contribution in [0.2, 0.25) is 0 Å². The molecular weight excluding hydrogens is 464 g/mol. The molecule has 1 amide bonds. The summed E-state index contributed by atoms with van der Waals surface area (Å²) in [5, 5.41) is 22.1. The highest BCUT2D eigenvalue weighted by molar-refractivity contribution is 6.46. The Kier molecular flexibility index (Phi) is 7.00. The fourth-order valence-electron chi connectivity index (χ4n) is 4.13. The molecule has 0 aromatic heterocycles. The molecule has 0 saturated carbocycles. The van der Waals surface area contributed by atoms with Gasteiger partial charge in [-0.1, -0.05) is 24.3 Å². The number of ether oxygens (including phenoxy) is 2. The van der Waals surface area contributed by atoms with Crippen molar-refractivity contribution in [2.75, 3.05) is 13.7 Å². The SMILES string of the molecule is CCOc1ccc(C2/C(=C(/O)c3ccc([N+](=O)[O-])cc3)C(=O)C(=O)N2Cc2ccc(OC)cc2)cc1. The maximum atomic E-state index is 13.2. The van der Waals surface area contributed by atoms with Crippen LogP contribution in [0.4, 0.5) is 5.69 Å². The Bertz CT molecular complexity index is 1310. The molecule has 1 heterocycles. The lowest BCUT2D eigenvalue weighted by Crippen LogP contribution is -2.29. The summed E-state index contributed by atoms with van der Waals surface area (Å²) in [7, 11) is 1.55. The van der Waals surface area contributed by atoms with E-state index < -0.39 is 28.4 Å². The molecule has 1 atom stereocenters. The fraction of sp³-hybridized carbons (Fsp3) is 0.185. The molecule has 3 aromatic rings. The molecule has 9 heteroatoms. The minimum Gasteiger partial charge on any atom is -0.507 e. The van der Waals surface area contributed by atoms with Crippen molar-refractivity contribution in [1.29, 1.82) is 0 Å². The van der Waals surface area contributed by atoms with Crippen LogP contribution < -0.4 is 9.47 Å². The van der Waals surface area contributed by atoms with E-state index in [-0.39, 0.29) is 23.4 Å². The van der Waals surface area contributed by atoms with Crippen LogP contribution >= 0.6 is 0 Å². The maximum Gasteiger partial charge on any atom is 0.295 e. The van der Waals surface area contributed by atoms with Gasteiger partial charge < -0.3 is 19.5 Å². The molecule has 1 aliphatic rings. The number of methoxy groups -OCH3 is 1. The second-order valence-corrected chi connectivity index (χ2v) is 8.08. The van der Waals surface area contributed by atoms with Crippen LogP contribution in [0.1, 0.15) is 29.7 Å². The number of non-ortho nitro benzene ring substituents is 1. The Balaban J connectivity index is 1.80. The number of hydrogen-bond donors (Lipinski definition) is 1. The van der Waals surface area contributed by atoms with Gasteiger partial charge >= 0.3 is 0 Å². The standard InChI is InChI=1S/C27H24N2O7/c1-3-36-22-14-8-18(9-15-22)24-23(25(30)19-6-10-20(11-7-19)29(33)34)26(31)27(32)28(24)16-17-4-12-21(35-2)13-5-17/h4-15,24,30H,3,16H2,1-2H3/b25-23-. The highest BCUT2D eigenvalue weighted by Crippen LogP contribution is 2.41. The van der Waals surface area contributed by atoms with Gasteiger partial charge in [-0.25, -0.2) is 0 Å². The summed E-state index contributed by atoms with van der Waals surface area (Å²) in [6.07, 6.45) is 0. The van der Waals surface area contributed by atoms with E-state index in [9.17, 15) is 24.8 Å². The number of aliphatic hydroxyl groups excluding tert-OH is 1. The second-order valence-electron chi connectivity index (χ2n) is 8.08. The Labute approximate surface area is 207 Å². The molecule has 1 unspecified atom stereocenters. The smallest absolute Gasteiger partial charge is 0.295 e. The van der Waals surface area contributed by atoms with Gasteiger partial charge in [0.15, 0.2) is 0 Å². The molecular formula is C27H24N2O7. The van der Waals surface area contributed by atoms with Crippen LogP contribution in [-0.2, 0) is 16.1 Å². The third kappa shape index (κ3) is 4.76. The first-order valence-corrected chi connectivity index (χ1v) is 11.2. The van der Waals surface area contributed by atoms with Crippen molar-refractivity contribution in [2.24, 2.45) is 0 Å². The molecule has 1 aliphatic heterocycles. The van der Waals surface area contributed by atoms with Gasteiger partial charge in [0, 0.05) is 24.2 Å². The fourth-order valence-corrected chi connectivity index (χ4v) is 4.13. The molecule has 0 bridgehead atoms. The van der Waals surface area contributed by atoms with Crippen molar-refractivity contribution in [3.05, 3.63) is 105 Å². The zero-order chi connectivity index (χ0) is 25.8. The van der Waals surface area contributed by atoms with Gasteiger partial charge in [0.2, 0.25) is 0 Å². The largest absolute Gasteiger partial charge is 0.507 e. The van der Waals surface area contributed by atoms with Gasteiger partial charge in [-0.15, -0.1) is 0 Å². The highest BCUT2D eigenvalue weighted by atomic mass is 16.6. The number of aliphatic hydroxyl groups is 1. The van der Waals surface area contributed by atoms with E-state index in [0.29, 0.717) is 23.7 Å². The van der Waals surface area contributed by atoms with Gasteiger partial charge in [0.25, 0.3) is 17.4 Å². The van der Waals surface area contributed by atoms with Gasteiger partial charge in [0.1, 0.15) is 17.3 Å². The van der Waals surface area contributed by atoms with Crippen molar-refractivity contribution >= 4 is 23.1 Å². The predicted octanol–water partition coefficient (Wildman–Crippen LogP) is 4.62. The normalized spacial score (nSPS) is 16.7. The number of Topliss-reactive ketones (excluding diaryl/α,β-unsaturated/α-hetero) is 1. The first-order valence-electron chi connectivity index (χ1n) is 11.2. The zero-order valence-electron chi connectivity index (χ0n) is 19.7. The highest BCUT2D eigenvalue weighted by Gasteiger charge is 2.46. The number of rotatable bonds is 8. The van der Waals surface area contributed by atoms with Crippen molar-refractivity contribution in [3.8, 4) is 11.5 Å². The van der Waals surface area contributed by atoms with E-state index in [1.165, 1.54) is 29.2 Å². The summed E-state index contributed by atoms with van der Waals surface area (Å²) in [5.41, 5.74) is 1.32. The van der Waals surface area contributed by atoms with Crippen LogP contribution in [0, 0.1) is 10.1 Å². The van der Waals surface area contributed by atoms with E-state index in [1.54, 1.807) is 55.6 Å². The minimum atomic E-state index is -0.877. The lowest BCUT2D eigenvalue weighted by atomic mass is 9.95. The Hall–Kier alpha value is -4.66. The Morgan fingerprint density at radius 3 is 2.14 bits per heavy atom. The summed E-state index contributed by atoms with van der Waals surface area (Å²) >= 11 is 0. The number of hydrogen-bond acceptors (Lipinski definition) is 7. The van der Waals surface area contributed by atoms with Gasteiger partial charge in [-0.2, -0.15) is 0 Å². The number of ketones is 1. The van der Waals surface area contributed by atoms with E-state index in [1.807, 2.05) is 6.92 Å². The summed E-state index contributed by atoms with van der Waals surface area (Å²) in [5.74, 6) is -0.712. The average molecular weight is 488 g/mol. The maximum absolute atomic E-state index is 13.2. The summed E-state index contributed by atoms with van der Waals surface area (Å²) in [6.45, 7) is 2.46. The number of nitrogens with zero attached hydrogens (tertiary/aromatic N) is 2. The van der Waals surface area contributed by atoms with Crippen molar-refractivity contribution < 1.29 is 29.1 Å². The van der Waals surface area contributed by atoms with Crippen LogP contribution in [0.25, 0.3) is 5.76 Å². The quantitative estimate of drug-likeness (QED) is 0.161. The van der Waals surface area contributed by atoms with Crippen LogP contribution in [0.15, 0.2) is 78.4 Å². The van der Waals surface area contributed by atoms with Gasteiger partial charge in [-0.3, -0.25) is 19.7 Å². The molecule has 0 radical (unpaired) electrons. The summed E-state index contributed by atoms with van der Waals surface area (Å²) in [6, 6.07) is 18.3. The number of nitro benzene ring substituents is 1. The van der Waals surface area contributed by atoms with E-state index in [0.717, 1.165) is 5.56 Å². The van der Waals surface area contributed by atoms with Crippen molar-refractivity contribution in [3.63, 3.8) is 0 Å². The summed E-state index contributed by atoms with van der Waals surface area (Å²) < 4.78 is 10.7. The Morgan fingerprint density at radius 1 is 0.972 bits per heavy atom. The van der Waals surface area contributed by atoms with Gasteiger partial charge in [0.05, 0.1) is 30.3 Å². The molecule has 9 nitrogen and oxygen atoms in total. The first-order chi connectivity index (χ1) is 17.3. The zero-order valence-corrected chi connectivity index (χ0v) is 19.7. The lowest BCUT2D eigenvalue weighted by molar-refractivity contribution is -0.384. The molecule has 1 saturated heterocycles. The van der Waals surface area contributed by atoms with Crippen LogP contribution in [0.3, 0.4) is 0 Å². The molecule has 0 spiro atoms. The van der Waals surface area contributed by atoms with Crippen LogP contribution in [-0.4, -0.2) is 40.3 Å². The molecule has 0 aliphatic carbocycles. The second kappa shape index (κ2) is 10.3. The molecule has 1 N–H and O–H groups in total. The predicted molar refractivity (Wildman–Crippen MR) is 132 cm³/mol. The van der Waals surface area contributed by atoms with E-state index in [4.69, 9.17) is 9.47 Å². The van der Waals surface area contributed by atoms with Crippen molar-refractivity contribution in [1.82, 2.24) is 4.90 Å². The molecule has 3 aromatic carbocycles. The molecule has 4 rings (SSSR count). The third-order valence-electron chi connectivity index (χ3n) is 5.91. The lowest BCUT2D eigenvalue weighted by Gasteiger charge is -2.25. The number of benzene rings is 3. The number of carbonyl (C=O) groups excluding carboxylic acids is 2. The Morgan fingerprint density at radius 2 is 1.58 bits per heavy atom. The number of carbonyl (C=O) groups is 2. The number of likely N-dealkylation sites (tertiary alicyclic amines) is 1. The topological polar surface area (TPSA) is 119 Å². The van der Waals surface area contributed by atoms with E-state index in [2.05, 4.69) is 0 Å². The molecule has 36 heavy (non-hydrogen) atoms. The van der Waals surface area contributed by atoms with Crippen LogP contribution in [0.5, 0.6) is 11.5 Å². The summed E-state index contributed by atoms with van der Waals surface area (Å²) in [4.78, 5) is 38.2. The van der Waals surface area contributed by atoms with E-state index >= 15 is 0 Å². The third-order valence-corrected chi connectivity index (χ3v) is 5.91.